The number of guanidine groups is 1. The third-order valence-corrected chi connectivity index (χ3v) is 6.89. The van der Waals surface area contributed by atoms with E-state index >= 15 is 0 Å². The molecule has 4 rings (SSSR count). The molecule has 7 N–H and O–H groups in total. The van der Waals surface area contributed by atoms with Crippen LogP contribution in [0.4, 0.5) is 17.2 Å². The summed E-state index contributed by atoms with van der Waals surface area (Å²) in [6.07, 6.45) is 1.87. The summed E-state index contributed by atoms with van der Waals surface area (Å²) in [6, 6.07) is 8.27. The first kappa shape index (κ1) is 26.1. The van der Waals surface area contributed by atoms with Crippen molar-refractivity contribution in [1.29, 1.82) is 10.8 Å². The summed E-state index contributed by atoms with van der Waals surface area (Å²) in [4.78, 5) is 21.5. The minimum Gasteiger partial charge on any atom is -0.398 e. The van der Waals surface area contributed by atoms with Crippen LogP contribution in [-0.2, 0) is 9.53 Å². The number of amides is 1. The van der Waals surface area contributed by atoms with Crippen molar-refractivity contribution in [3.8, 4) is 0 Å². The normalized spacial score (nSPS) is 22.4. The van der Waals surface area contributed by atoms with Gasteiger partial charge >= 0.3 is 0 Å². The maximum absolute atomic E-state index is 13.2. The molecule has 11 heteroatoms. The molecule has 37 heavy (non-hydrogen) atoms. The molecule has 1 fully saturated rings. The van der Waals surface area contributed by atoms with Crippen molar-refractivity contribution in [2.45, 2.75) is 45.9 Å². The van der Waals surface area contributed by atoms with Crippen molar-refractivity contribution >= 4 is 34.8 Å². The van der Waals surface area contributed by atoms with Crippen LogP contribution < -0.4 is 21.8 Å². The Morgan fingerprint density at radius 2 is 1.84 bits per heavy atom. The predicted octanol–water partition coefficient (Wildman–Crippen LogP) is 2.35. The quantitative estimate of drug-likeness (QED) is 0.235. The highest BCUT2D eigenvalue weighted by molar-refractivity contribution is 6.15. The van der Waals surface area contributed by atoms with Gasteiger partial charge in [-0.25, -0.2) is 10.8 Å². The zero-order chi connectivity index (χ0) is 27.0. The van der Waals surface area contributed by atoms with Crippen LogP contribution in [0.5, 0.6) is 0 Å². The molecule has 0 unspecified atom stereocenters. The Balaban J connectivity index is 1.58. The standard InChI is InChI=1S/C26H35N9O2/c1-14-12-34(13-15(2)37-14)22-10-18(8-9-31-22)24(28)20-11-19(6-7-21(20)27)32-25(36)23-16(3)33(5)26(29)35(30)17(23)4/h6-11,14-15,17,28-29H,12-13,27,30H2,1-5H3,(H,32,36)/t14-,15-,17+/m0/s1. The van der Waals surface area contributed by atoms with Crippen LogP contribution in [0.2, 0.25) is 0 Å². The molecule has 2 aliphatic rings. The van der Waals surface area contributed by atoms with E-state index in [1.54, 1.807) is 56.3 Å². The van der Waals surface area contributed by atoms with E-state index in [9.17, 15) is 4.79 Å². The molecule has 11 nitrogen and oxygen atoms in total. The first-order chi connectivity index (χ1) is 17.5. The Hall–Kier alpha value is -3.96. The SMILES string of the molecule is CC1=C(C(=O)Nc2ccc(N)c(C(=N)c3ccnc(N4C[C@H](C)O[C@@H](C)C4)c3)c2)[C@@H](C)N(N)C(=N)N1C. The van der Waals surface area contributed by atoms with Gasteiger partial charge in [0.2, 0.25) is 5.96 Å². The van der Waals surface area contributed by atoms with E-state index in [0.29, 0.717) is 33.8 Å². The van der Waals surface area contributed by atoms with Crippen molar-refractivity contribution in [1.82, 2.24) is 14.9 Å². The highest BCUT2D eigenvalue weighted by Crippen LogP contribution is 2.27. The number of nitrogens with zero attached hydrogens (tertiary/aromatic N) is 4. The van der Waals surface area contributed by atoms with Gasteiger partial charge in [0, 0.05) is 54.5 Å². The number of benzene rings is 1. The number of hydrogen-bond acceptors (Lipinski definition) is 8. The van der Waals surface area contributed by atoms with Crippen LogP contribution in [0.25, 0.3) is 0 Å². The molecule has 2 aliphatic heterocycles. The third kappa shape index (κ3) is 5.13. The summed E-state index contributed by atoms with van der Waals surface area (Å²) in [5.74, 6) is 6.58. The highest BCUT2D eigenvalue weighted by Gasteiger charge is 2.33. The molecule has 0 spiro atoms. The second kappa shape index (κ2) is 10.2. The first-order valence-corrected chi connectivity index (χ1v) is 12.2. The minimum absolute atomic E-state index is 0.0898. The maximum Gasteiger partial charge on any atom is 0.255 e. The second-order valence-electron chi connectivity index (χ2n) is 9.66. The van der Waals surface area contributed by atoms with Gasteiger partial charge in [-0.3, -0.25) is 20.6 Å². The van der Waals surface area contributed by atoms with E-state index in [1.165, 1.54) is 5.01 Å². The number of rotatable bonds is 5. The Morgan fingerprint density at radius 1 is 1.16 bits per heavy atom. The van der Waals surface area contributed by atoms with E-state index in [-0.39, 0.29) is 29.8 Å². The van der Waals surface area contributed by atoms with Crippen LogP contribution in [0.1, 0.15) is 38.8 Å². The number of aromatic nitrogens is 1. The van der Waals surface area contributed by atoms with E-state index in [2.05, 4.69) is 15.2 Å². The van der Waals surface area contributed by atoms with E-state index in [1.807, 2.05) is 19.9 Å². The number of nitrogens with one attached hydrogen (secondary N) is 3. The number of nitrogens with two attached hydrogens (primary N) is 2. The fourth-order valence-corrected chi connectivity index (χ4v) is 4.81. The molecular formula is C26H35N9O2. The topological polar surface area (TPSA) is 161 Å². The van der Waals surface area contributed by atoms with Gasteiger partial charge in [-0.2, -0.15) is 0 Å². The second-order valence-corrected chi connectivity index (χ2v) is 9.66. The van der Waals surface area contributed by atoms with Crippen LogP contribution in [0.3, 0.4) is 0 Å². The lowest BCUT2D eigenvalue weighted by atomic mass is 10.00. The van der Waals surface area contributed by atoms with Gasteiger partial charge in [-0.15, -0.1) is 0 Å². The fourth-order valence-electron chi connectivity index (χ4n) is 4.81. The zero-order valence-electron chi connectivity index (χ0n) is 21.9. The summed E-state index contributed by atoms with van der Waals surface area (Å²) in [5.41, 5.74) is 9.70. The number of morpholine rings is 1. The average Bonchev–Trinajstić information content (AvgIpc) is 2.86. The van der Waals surface area contributed by atoms with Crippen molar-refractivity contribution in [2.24, 2.45) is 5.84 Å². The number of anilines is 3. The number of carbonyl (C=O) groups excluding carboxylic acids is 1. The minimum atomic E-state index is -0.476. The van der Waals surface area contributed by atoms with Crippen LogP contribution in [0.15, 0.2) is 47.8 Å². The van der Waals surface area contributed by atoms with Gasteiger partial charge in [0.15, 0.2) is 0 Å². The molecule has 3 atom stereocenters. The zero-order valence-corrected chi connectivity index (χ0v) is 21.9. The fraction of sp³-hybridized carbons (Fsp3) is 0.385. The number of allylic oxidation sites excluding steroid dienone is 1. The number of carbonyl (C=O) groups is 1. The number of nitrogen functional groups attached to an aromatic ring is 1. The molecule has 2 aromatic rings. The molecule has 1 saturated heterocycles. The van der Waals surface area contributed by atoms with Gasteiger partial charge in [0.05, 0.1) is 29.5 Å². The summed E-state index contributed by atoms with van der Waals surface area (Å²) < 4.78 is 5.83. The van der Waals surface area contributed by atoms with Crippen molar-refractivity contribution in [2.75, 3.05) is 36.1 Å². The van der Waals surface area contributed by atoms with Gasteiger partial charge < -0.3 is 25.6 Å². The molecule has 0 radical (unpaired) electrons. The van der Waals surface area contributed by atoms with Gasteiger partial charge in [-0.1, -0.05) is 0 Å². The van der Waals surface area contributed by atoms with Gasteiger partial charge in [-0.05, 0) is 58.0 Å². The van der Waals surface area contributed by atoms with Crippen molar-refractivity contribution < 1.29 is 9.53 Å². The van der Waals surface area contributed by atoms with Gasteiger partial charge in [0.25, 0.3) is 5.91 Å². The first-order valence-electron chi connectivity index (χ1n) is 12.2. The lowest BCUT2D eigenvalue weighted by Crippen LogP contribution is -2.56. The van der Waals surface area contributed by atoms with E-state index < -0.39 is 6.04 Å². The molecule has 1 amide bonds. The highest BCUT2D eigenvalue weighted by atomic mass is 16.5. The van der Waals surface area contributed by atoms with Gasteiger partial charge in [0.1, 0.15) is 5.82 Å². The average molecular weight is 506 g/mol. The van der Waals surface area contributed by atoms with Crippen LogP contribution in [-0.4, -0.2) is 70.9 Å². The van der Waals surface area contributed by atoms with E-state index in [4.69, 9.17) is 27.1 Å². The molecule has 3 heterocycles. The molecule has 196 valence electrons. The molecule has 1 aromatic heterocycles. The predicted molar refractivity (Wildman–Crippen MR) is 146 cm³/mol. The summed E-state index contributed by atoms with van der Waals surface area (Å²) >= 11 is 0. The molecular weight excluding hydrogens is 470 g/mol. The molecule has 1 aromatic carbocycles. The Morgan fingerprint density at radius 3 is 2.51 bits per heavy atom. The summed E-state index contributed by atoms with van der Waals surface area (Å²) in [6.45, 7) is 9.08. The summed E-state index contributed by atoms with van der Waals surface area (Å²) in [7, 11) is 1.69. The van der Waals surface area contributed by atoms with Crippen molar-refractivity contribution in [3.05, 3.63) is 58.9 Å². The van der Waals surface area contributed by atoms with Crippen LogP contribution >= 0.6 is 0 Å². The summed E-state index contributed by atoms with van der Waals surface area (Å²) in [5, 5.41) is 21.2. The third-order valence-electron chi connectivity index (χ3n) is 6.89. The van der Waals surface area contributed by atoms with Crippen LogP contribution in [0, 0.1) is 10.8 Å². The monoisotopic (exact) mass is 505 g/mol. The Labute approximate surface area is 217 Å². The van der Waals surface area contributed by atoms with E-state index in [0.717, 1.165) is 18.9 Å². The lowest BCUT2D eigenvalue weighted by Gasteiger charge is -2.39. The number of hydrazine groups is 1. The largest absolute Gasteiger partial charge is 0.398 e. The molecule has 0 saturated carbocycles. The van der Waals surface area contributed by atoms with Crippen molar-refractivity contribution in [3.63, 3.8) is 0 Å². The number of hydrogen-bond donors (Lipinski definition) is 5. The Bertz CT molecular complexity index is 1260. The Kier molecular flexibility index (Phi) is 7.19. The number of pyridine rings is 1. The smallest absolute Gasteiger partial charge is 0.255 e. The lowest BCUT2D eigenvalue weighted by molar-refractivity contribution is -0.113. The maximum atomic E-state index is 13.2. The molecule has 0 bridgehead atoms. The number of ether oxygens (including phenoxy) is 1. The molecule has 0 aliphatic carbocycles.